The molecule has 0 aliphatic rings. The third-order valence-electron chi connectivity index (χ3n) is 1.16. The normalized spacial score (nSPS) is 8.50. The van der Waals surface area contributed by atoms with Crippen molar-refractivity contribution in [3.05, 3.63) is 30.1 Å². The second kappa shape index (κ2) is 4.90. The Bertz CT molecular complexity index is 162. The van der Waals surface area contributed by atoms with E-state index >= 15 is 0 Å². The Morgan fingerprint density at radius 2 is 2.30 bits per heavy atom. The Labute approximate surface area is 60.9 Å². The van der Waals surface area contributed by atoms with Crippen LogP contribution in [0.1, 0.15) is 5.56 Å². The van der Waals surface area contributed by atoms with Crippen molar-refractivity contribution in [2.45, 2.75) is 6.42 Å². The third kappa shape index (κ3) is 2.57. The molecule has 56 valence electrons. The molecule has 1 aromatic heterocycles. The number of rotatable bonds is 2. The fourth-order valence-electron chi connectivity index (χ4n) is 0.713. The van der Waals surface area contributed by atoms with Gasteiger partial charge in [-0.3, -0.25) is 4.98 Å². The summed E-state index contributed by atoms with van der Waals surface area (Å²) in [5, 5.41) is 0. The Morgan fingerprint density at radius 3 is 2.80 bits per heavy atom. The van der Waals surface area contributed by atoms with Crippen LogP contribution in [0, 0.1) is 0 Å². The van der Waals surface area contributed by atoms with Gasteiger partial charge in [-0.25, -0.2) is 0 Å². The highest BCUT2D eigenvalue weighted by atomic mass is 14.6. The predicted molar refractivity (Wildman–Crippen MR) is 42.0 cm³/mol. The van der Waals surface area contributed by atoms with Gasteiger partial charge in [-0.05, 0) is 24.6 Å². The van der Waals surface area contributed by atoms with Gasteiger partial charge in [0.25, 0.3) is 0 Å². The Kier molecular flexibility index (Phi) is 4.45. The van der Waals surface area contributed by atoms with Gasteiger partial charge in [-0.2, -0.15) is 0 Å². The first-order valence-electron chi connectivity index (χ1n) is 3.02. The number of hydrogen-bond acceptors (Lipinski definition) is 3. The first-order valence-corrected chi connectivity index (χ1v) is 3.02. The van der Waals surface area contributed by atoms with Crippen molar-refractivity contribution < 1.29 is 0 Å². The lowest BCUT2D eigenvalue weighted by Gasteiger charge is -1.93. The Hall–Kier alpha value is -0.930. The molecule has 0 atom stereocenters. The number of hydrogen-bond donors (Lipinski definition) is 2. The molecule has 0 aliphatic carbocycles. The lowest BCUT2D eigenvalue weighted by atomic mass is 10.2. The van der Waals surface area contributed by atoms with Gasteiger partial charge in [0.1, 0.15) is 0 Å². The van der Waals surface area contributed by atoms with E-state index in [1.165, 1.54) is 5.56 Å². The van der Waals surface area contributed by atoms with E-state index in [0.717, 1.165) is 6.42 Å². The molecule has 5 N–H and O–H groups in total. The Balaban J connectivity index is 0.000000810. The monoisotopic (exact) mass is 139 g/mol. The lowest BCUT2D eigenvalue weighted by molar-refractivity contribution is 0.959. The first kappa shape index (κ1) is 9.07. The molecule has 0 bridgehead atoms. The molecular formula is C7H13N3. The number of nitrogens with two attached hydrogens (primary N) is 1. The molecular weight excluding hydrogens is 126 g/mol. The van der Waals surface area contributed by atoms with Crippen molar-refractivity contribution in [3.63, 3.8) is 0 Å². The molecule has 10 heavy (non-hydrogen) atoms. The summed E-state index contributed by atoms with van der Waals surface area (Å²) < 4.78 is 0. The minimum atomic E-state index is 0. The molecule has 0 saturated carbocycles. The minimum absolute atomic E-state index is 0. The molecule has 1 rings (SSSR count). The highest BCUT2D eigenvalue weighted by Gasteiger charge is 1.85. The summed E-state index contributed by atoms with van der Waals surface area (Å²) in [7, 11) is 0. The molecule has 3 nitrogen and oxygen atoms in total. The van der Waals surface area contributed by atoms with Crippen LogP contribution < -0.4 is 11.9 Å². The zero-order valence-corrected chi connectivity index (χ0v) is 5.96. The van der Waals surface area contributed by atoms with Crippen LogP contribution in [0.2, 0.25) is 0 Å². The van der Waals surface area contributed by atoms with E-state index in [2.05, 4.69) is 4.98 Å². The predicted octanol–water partition coefficient (Wildman–Crippen LogP) is 0.745. The summed E-state index contributed by atoms with van der Waals surface area (Å²) in [6, 6.07) is 3.95. The zero-order chi connectivity index (χ0) is 6.53. The summed E-state index contributed by atoms with van der Waals surface area (Å²) in [6.45, 7) is 0.700. The number of aromatic nitrogens is 1. The SMILES string of the molecule is N.NCCc1cccnc1. The van der Waals surface area contributed by atoms with Gasteiger partial charge in [0.05, 0.1) is 0 Å². The van der Waals surface area contributed by atoms with Gasteiger partial charge in [0, 0.05) is 12.4 Å². The largest absolute Gasteiger partial charge is 0.344 e. The van der Waals surface area contributed by atoms with E-state index in [-0.39, 0.29) is 6.15 Å². The summed E-state index contributed by atoms with van der Waals surface area (Å²) >= 11 is 0. The molecule has 0 aliphatic heterocycles. The summed E-state index contributed by atoms with van der Waals surface area (Å²) in [5.41, 5.74) is 6.54. The van der Waals surface area contributed by atoms with Crippen molar-refractivity contribution in [2.24, 2.45) is 5.73 Å². The van der Waals surface area contributed by atoms with E-state index < -0.39 is 0 Å². The van der Waals surface area contributed by atoms with Gasteiger partial charge < -0.3 is 11.9 Å². The summed E-state index contributed by atoms with van der Waals surface area (Å²) in [4.78, 5) is 3.95. The molecule has 3 heteroatoms. The van der Waals surface area contributed by atoms with E-state index in [1.807, 2.05) is 18.3 Å². The van der Waals surface area contributed by atoms with Crippen LogP contribution in [0.3, 0.4) is 0 Å². The van der Waals surface area contributed by atoms with Crippen LogP contribution in [0.25, 0.3) is 0 Å². The van der Waals surface area contributed by atoms with Gasteiger partial charge in [0.15, 0.2) is 0 Å². The van der Waals surface area contributed by atoms with Crippen molar-refractivity contribution in [1.29, 1.82) is 0 Å². The van der Waals surface area contributed by atoms with Crippen LogP contribution in [0.4, 0.5) is 0 Å². The van der Waals surface area contributed by atoms with Crippen LogP contribution in [-0.2, 0) is 6.42 Å². The van der Waals surface area contributed by atoms with Gasteiger partial charge in [0.2, 0.25) is 0 Å². The summed E-state index contributed by atoms with van der Waals surface area (Å²) in [6.07, 6.45) is 4.53. The standard InChI is InChI=1S/C7H10N2.H3N/c8-4-3-7-2-1-5-9-6-7;/h1-2,5-6H,3-4,8H2;1H3. The molecule has 0 aromatic carbocycles. The molecule has 1 heterocycles. The third-order valence-corrected chi connectivity index (χ3v) is 1.16. The average Bonchev–Trinajstić information content (AvgIpc) is 1.91. The highest BCUT2D eigenvalue weighted by molar-refractivity contribution is 5.08. The van der Waals surface area contributed by atoms with E-state index in [4.69, 9.17) is 5.73 Å². The zero-order valence-electron chi connectivity index (χ0n) is 5.96. The van der Waals surface area contributed by atoms with Gasteiger partial charge in [-0.15, -0.1) is 0 Å². The average molecular weight is 139 g/mol. The van der Waals surface area contributed by atoms with Crippen molar-refractivity contribution in [2.75, 3.05) is 6.54 Å². The Morgan fingerprint density at radius 1 is 1.50 bits per heavy atom. The smallest absolute Gasteiger partial charge is 0.0300 e. The molecule has 0 amide bonds. The molecule has 1 aromatic rings. The molecule has 0 spiro atoms. The molecule has 0 radical (unpaired) electrons. The molecule has 0 saturated heterocycles. The minimum Gasteiger partial charge on any atom is -0.344 e. The van der Waals surface area contributed by atoms with Crippen LogP contribution in [0.15, 0.2) is 24.5 Å². The summed E-state index contributed by atoms with van der Waals surface area (Å²) in [5.74, 6) is 0. The van der Waals surface area contributed by atoms with E-state index in [9.17, 15) is 0 Å². The highest BCUT2D eigenvalue weighted by Crippen LogP contribution is 1.93. The maximum Gasteiger partial charge on any atom is 0.0300 e. The van der Waals surface area contributed by atoms with Crippen LogP contribution in [0.5, 0.6) is 0 Å². The second-order valence-corrected chi connectivity index (χ2v) is 1.90. The number of pyridine rings is 1. The maximum absolute atomic E-state index is 5.33. The van der Waals surface area contributed by atoms with Crippen molar-refractivity contribution in [3.8, 4) is 0 Å². The fraction of sp³-hybridized carbons (Fsp3) is 0.286. The van der Waals surface area contributed by atoms with E-state index in [1.54, 1.807) is 6.20 Å². The molecule has 0 unspecified atom stereocenters. The van der Waals surface area contributed by atoms with Crippen molar-refractivity contribution in [1.82, 2.24) is 11.1 Å². The lowest BCUT2D eigenvalue weighted by Crippen LogP contribution is -2.02. The quantitative estimate of drug-likeness (QED) is 0.634. The van der Waals surface area contributed by atoms with Gasteiger partial charge >= 0.3 is 0 Å². The van der Waals surface area contributed by atoms with Crippen LogP contribution in [-0.4, -0.2) is 11.5 Å². The fourth-order valence-corrected chi connectivity index (χ4v) is 0.713. The first-order chi connectivity index (χ1) is 4.43. The molecule has 0 fully saturated rings. The maximum atomic E-state index is 5.33. The topological polar surface area (TPSA) is 73.9 Å². The van der Waals surface area contributed by atoms with Gasteiger partial charge in [-0.1, -0.05) is 6.07 Å². The van der Waals surface area contributed by atoms with Crippen LogP contribution >= 0.6 is 0 Å². The van der Waals surface area contributed by atoms with Crippen molar-refractivity contribution >= 4 is 0 Å². The second-order valence-electron chi connectivity index (χ2n) is 1.90. The van der Waals surface area contributed by atoms with E-state index in [0.29, 0.717) is 6.54 Å². The number of nitrogens with zero attached hydrogens (tertiary/aromatic N) is 1.